The van der Waals surface area contributed by atoms with Gasteiger partial charge in [-0.3, -0.25) is 0 Å². The van der Waals surface area contributed by atoms with Crippen LogP contribution in [0.1, 0.15) is 19.3 Å². The first-order valence-electron chi connectivity index (χ1n) is 5.47. The average molecular weight is 302 g/mol. The second kappa shape index (κ2) is 7.10. The molecular weight excluding hydrogens is 286 g/mol. The summed E-state index contributed by atoms with van der Waals surface area (Å²) >= 11 is 0. The molecule has 6 heteroatoms. The van der Waals surface area contributed by atoms with E-state index in [2.05, 4.69) is 0 Å². The van der Waals surface area contributed by atoms with Gasteiger partial charge in [-0.05, 0) is 31.4 Å². The quantitative estimate of drug-likeness (QED) is 0.740. The molecule has 0 aromatic heterocycles. The van der Waals surface area contributed by atoms with E-state index in [1.54, 1.807) is 24.3 Å². The molecule has 1 aromatic rings. The van der Waals surface area contributed by atoms with E-state index in [1.807, 2.05) is 6.07 Å². The maximum absolute atomic E-state index is 12.8. The Kier molecular flexibility index (Phi) is 6.86. The highest BCUT2D eigenvalue weighted by Gasteiger charge is 2.44. The standard InChI is InChI=1S/C12H14F3N.2ClH/c13-12(14,15)11-8-4-5-9-16(11)10-6-2-1-3-7-10;;/h1-3,6-7,11H,4-5,8-9H2;2*1H. The molecule has 0 saturated carbocycles. The Bertz CT molecular complexity index is 343. The third kappa shape index (κ3) is 3.95. The summed E-state index contributed by atoms with van der Waals surface area (Å²) in [6, 6.07) is 7.53. The molecule has 1 aliphatic heterocycles. The number of halogens is 5. The number of hydrogen-bond acceptors (Lipinski definition) is 1. The summed E-state index contributed by atoms with van der Waals surface area (Å²) in [4.78, 5) is 1.48. The minimum atomic E-state index is -4.13. The summed E-state index contributed by atoms with van der Waals surface area (Å²) in [6.45, 7) is 0.494. The van der Waals surface area contributed by atoms with Crippen LogP contribution in [0.5, 0.6) is 0 Å². The molecule has 1 aromatic carbocycles. The largest absolute Gasteiger partial charge is 0.408 e. The van der Waals surface area contributed by atoms with Crippen LogP contribution < -0.4 is 4.90 Å². The predicted octanol–water partition coefficient (Wildman–Crippen LogP) is 4.45. The highest BCUT2D eigenvalue weighted by atomic mass is 35.5. The topological polar surface area (TPSA) is 3.24 Å². The number of hydrogen-bond donors (Lipinski definition) is 0. The van der Waals surface area contributed by atoms with E-state index in [1.165, 1.54) is 4.90 Å². The van der Waals surface area contributed by atoms with Crippen LogP contribution in [0, 0.1) is 0 Å². The molecule has 0 bridgehead atoms. The normalized spacial score (nSPS) is 19.7. The molecule has 1 unspecified atom stereocenters. The van der Waals surface area contributed by atoms with Gasteiger partial charge in [0.1, 0.15) is 6.04 Å². The summed E-state index contributed by atoms with van der Waals surface area (Å²) in [5, 5.41) is 0. The van der Waals surface area contributed by atoms with Gasteiger partial charge in [-0.15, -0.1) is 24.8 Å². The van der Waals surface area contributed by atoms with E-state index in [-0.39, 0.29) is 31.2 Å². The van der Waals surface area contributed by atoms with Gasteiger partial charge in [0.15, 0.2) is 0 Å². The highest BCUT2D eigenvalue weighted by molar-refractivity contribution is 5.85. The minimum absolute atomic E-state index is 0. The number of nitrogens with zero attached hydrogens (tertiary/aromatic N) is 1. The van der Waals surface area contributed by atoms with E-state index in [9.17, 15) is 13.2 Å². The second-order valence-corrected chi connectivity index (χ2v) is 4.08. The zero-order chi connectivity index (χ0) is 11.6. The van der Waals surface area contributed by atoms with Crippen molar-refractivity contribution in [2.75, 3.05) is 11.4 Å². The van der Waals surface area contributed by atoms with Crippen molar-refractivity contribution in [1.29, 1.82) is 0 Å². The molecule has 18 heavy (non-hydrogen) atoms. The Balaban J connectivity index is 0.00000144. The summed E-state index contributed by atoms with van der Waals surface area (Å²) < 4.78 is 38.5. The molecule has 1 atom stereocenters. The average Bonchev–Trinajstić information content (AvgIpc) is 2.29. The van der Waals surface area contributed by atoms with Gasteiger partial charge in [0, 0.05) is 12.2 Å². The third-order valence-electron chi connectivity index (χ3n) is 2.97. The Hall–Kier alpha value is -0.610. The van der Waals surface area contributed by atoms with Gasteiger partial charge in [-0.1, -0.05) is 18.2 Å². The van der Waals surface area contributed by atoms with Gasteiger partial charge >= 0.3 is 6.18 Å². The smallest absolute Gasteiger partial charge is 0.360 e. The lowest BCUT2D eigenvalue weighted by Gasteiger charge is -2.38. The van der Waals surface area contributed by atoms with Gasteiger partial charge in [-0.2, -0.15) is 13.2 Å². The van der Waals surface area contributed by atoms with E-state index in [4.69, 9.17) is 0 Å². The van der Waals surface area contributed by atoms with Crippen LogP contribution in [0.25, 0.3) is 0 Å². The van der Waals surface area contributed by atoms with Crippen molar-refractivity contribution in [3.8, 4) is 0 Å². The molecule has 1 fully saturated rings. The molecule has 0 N–H and O–H groups in total. The van der Waals surface area contributed by atoms with Crippen LogP contribution in [-0.2, 0) is 0 Å². The molecule has 1 saturated heterocycles. The number of alkyl halides is 3. The lowest BCUT2D eigenvalue weighted by Crippen LogP contribution is -2.48. The molecule has 1 heterocycles. The van der Waals surface area contributed by atoms with Crippen molar-refractivity contribution in [2.24, 2.45) is 0 Å². The van der Waals surface area contributed by atoms with Gasteiger partial charge in [0.05, 0.1) is 0 Å². The fraction of sp³-hybridized carbons (Fsp3) is 0.500. The van der Waals surface area contributed by atoms with Crippen molar-refractivity contribution in [3.63, 3.8) is 0 Å². The van der Waals surface area contributed by atoms with Crippen molar-refractivity contribution in [3.05, 3.63) is 30.3 Å². The lowest BCUT2D eigenvalue weighted by atomic mass is 10.0. The molecule has 104 valence electrons. The fourth-order valence-corrected chi connectivity index (χ4v) is 2.20. The fourth-order valence-electron chi connectivity index (χ4n) is 2.20. The van der Waals surface area contributed by atoms with Gasteiger partial charge < -0.3 is 4.90 Å². The number of piperidine rings is 1. The van der Waals surface area contributed by atoms with Crippen LogP contribution >= 0.6 is 24.8 Å². The SMILES string of the molecule is Cl.Cl.FC(F)(F)C1CCCCN1c1ccccc1. The first-order chi connectivity index (χ1) is 7.59. The number of para-hydroxylation sites is 1. The Labute approximate surface area is 117 Å². The number of rotatable bonds is 1. The predicted molar refractivity (Wildman–Crippen MR) is 72.0 cm³/mol. The molecule has 1 aliphatic rings. The Morgan fingerprint density at radius 1 is 1.00 bits per heavy atom. The number of benzene rings is 1. The zero-order valence-corrected chi connectivity index (χ0v) is 11.3. The molecule has 1 nitrogen and oxygen atoms in total. The van der Waals surface area contributed by atoms with Crippen molar-refractivity contribution in [2.45, 2.75) is 31.5 Å². The van der Waals surface area contributed by atoms with Crippen molar-refractivity contribution < 1.29 is 13.2 Å². The summed E-state index contributed by atoms with van der Waals surface area (Å²) in [7, 11) is 0. The van der Waals surface area contributed by atoms with Gasteiger partial charge in [0.25, 0.3) is 0 Å². The van der Waals surface area contributed by atoms with E-state index >= 15 is 0 Å². The summed E-state index contributed by atoms with van der Waals surface area (Å²) in [5.74, 6) is 0. The van der Waals surface area contributed by atoms with Crippen LogP contribution in [0.3, 0.4) is 0 Å². The van der Waals surface area contributed by atoms with Crippen LogP contribution in [-0.4, -0.2) is 18.8 Å². The van der Waals surface area contributed by atoms with Crippen LogP contribution in [0.2, 0.25) is 0 Å². The summed E-state index contributed by atoms with van der Waals surface area (Å²) in [5.41, 5.74) is 0.671. The number of anilines is 1. The maximum atomic E-state index is 12.8. The van der Waals surface area contributed by atoms with Crippen molar-refractivity contribution in [1.82, 2.24) is 0 Å². The Morgan fingerprint density at radius 2 is 1.61 bits per heavy atom. The van der Waals surface area contributed by atoms with Gasteiger partial charge in [0.2, 0.25) is 0 Å². The summed E-state index contributed by atoms with van der Waals surface area (Å²) in [6.07, 6.45) is -2.43. The van der Waals surface area contributed by atoms with Crippen LogP contribution in [0.15, 0.2) is 30.3 Å². The lowest BCUT2D eigenvalue weighted by molar-refractivity contribution is -0.152. The zero-order valence-electron chi connectivity index (χ0n) is 9.69. The van der Waals surface area contributed by atoms with E-state index < -0.39 is 12.2 Å². The first kappa shape index (κ1) is 17.4. The molecule has 0 aliphatic carbocycles. The highest BCUT2D eigenvalue weighted by Crippen LogP contribution is 2.34. The molecule has 0 amide bonds. The minimum Gasteiger partial charge on any atom is -0.360 e. The third-order valence-corrected chi connectivity index (χ3v) is 2.97. The van der Waals surface area contributed by atoms with Crippen LogP contribution in [0.4, 0.5) is 18.9 Å². The molecular formula is C12H16Cl2F3N. The first-order valence-corrected chi connectivity index (χ1v) is 5.47. The second-order valence-electron chi connectivity index (χ2n) is 4.08. The van der Waals surface area contributed by atoms with E-state index in [0.29, 0.717) is 18.7 Å². The molecule has 0 radical (unpaired) electrons. The maximum Gasteiger partial charge on any atom is 0.408 e. The van der Waals surface area contributed by atoms with Crippen molar-refractivity contribution >= 4 is 30.5 Å². The Morgan fingerprint density at radius 3 is 2.17 bits per heavy atom. The monoisotopic (exact) mass is 301 g/mol. The molecule has 0 spiro atoms. The van der Waals surface area contributed by atoms with Gasteiger partial charge in [-0.25, -0.2) is 0 Å². The molecule has 2 rings (SSSR count). The van der Waals surface area contributed by atoms with E-state index in [0.717, 1.165) is 6.42 Å².